The van der Waals surface area contributed by atoms with Gasteiger partial charge in [-0.15, -0.1) is 0 Å². The van der Waals surface area contributed by atoms with E-state index in [0.29, 0.717) is 24.2 Å². The van der Waals surface area contributed by atoms with Crippen LogP contribution in [0.5, 0.6) is 11.5 Å². The molecule has 1 aromatic carbocycles. The predicted octanol–water partition coefficient (Wildman–Crippen LogP) is 2.72. The number of amides is 1. The first-order valence-corrected chi connectivity index (χ1v) is 7.93. The molecule has 0 saturated heterocycles. The predicted molar refractivity (Wildman–Crippen MR) is 90.1 cm³/mol. The minimum atomic E-state index is -0.972. The van der Waals surface area contributed by atoms with E-state index >= 15 is 0 Å². The second-order valence-electron chi connectivity index (χ2n) is 5.97. The molecule has 6 nitrogen and oxygen atoms in total. The Labute approximate surface area is 142 Å². The van der Waals surface area contributed by atoms with E-state index < -0.39 is 11.4 Å². The number of carbonyl (C=O) groups is 2. The largest absolute Gasteiger partial charge is 0.493 e. The van der Waals surface area contributed by atoms with Crippen molar-refractivity contribution >= 4 is 12.2 Å². The third-order valence-corrected chi connectivity index (χ3v) is 3.73. The molecule has 0 spiro atoms. The first-order valence-electron chi connectivity index (χ1n) is 7.93. The van der Waals surface area contributed by atoms with Crippen molar-refractivity contribution in [2.75, 3.05) is 13.2 Å². The highest BCUT2D eigenvalue weighted by atomic mass is 16.5. The lowest BCUT2D eigenvalue weighted by atomic mass is 9.90. The summed E-state index contributed by atoms with van der Waals surface area (Å²) in [6.07, 6.45) is 1.51. The molecule has 1 amide bonds. The molecule has 1 N–H and O–H groups in total. The average Bonchev–Trinajstić information content (AvgIpc) is 2.57. The summed E-state index contributed by atoms with van der Waals surface area (Å²) in [6.45, 7) is 7.61. The third-order valence-electron chi connectivity index (χ3n) is 3.73. The van der Waals surface area contributed by atoms with E-state index in [0.717, 1.165) is 6.42 Å². The number of nitrogens with zero attached hydrogens (tertiary/aromatic N) is 1. The van der Waals surface area contributed by atoms with E-state index in [4.69, 9.17) is 9.47 Å². The van der Waals surface area contributed by atoms with Crippen molar-refractivity contribution in [3.8, 4) is 17.6 Å². The van der Waals surface area contributed by atoms with Crippen molar-refractivity contribution in [3.05, 3.63) is 23.8 Å². The van der Waals surface area contributed by atoms with Gasteiger partial charge >= 0.3 is 0 Å². The van der Waals surface area contributed by atoms with Crippen LogP contribution in [0, 0.1) is 17.2 Å². The Bertz CT molecular complexity index is 622. The number of carbonyl (C=O) groups excluding carboxylic acids is 2. The van der Waals surface area contributed by atoms with E-state index in [1.165, 1.54) is 0 Å². The number of nitrogens with one attached hydrogen (secondary N) is 1. The molecule has 6 heteroatoms. The van der Waals surface area contributed by atoms with E-state index in [-0.39, 0.29) is 18.3 Å². The number of hydrogen-bond acceptors (Lipinski definition) is 5. The molecule has 0 aliphatic carbocycles. The lowest BCUT2D eigenvalue weighted by molar-refractivity contribution is -0.124. The van der Waals surface area contributed by atoms with Gasteiger partial charge in [-0.3, -0.25) is 9.59 Å². The number of aldehydes is 1. The Morgan fingerprint density at radius 3 is 2.67 bits per heavy atom. The van der Waals surface area contributed by atoms with Crippen LogP contribution < -0.4 is 14.8 Å². The Morgan fingerprint density at radius 2 is 2.12 bits per heavy atom. The topological polar surface area (TPSA) is 88.4 Å². The van der Waals surface area contributed by atoms with Crippen molar-refractivity contribution in [1.29, 1.82) is 5.26 Å². The van der Waals surface area contributed by atoms with Gasteiger partial charge in [-0.1, -0.05) is 20.8 Å². The molecule has 0 aliphatic rings. The Balaban J connectivity index is 2.77. The smallest absolute Gasteiger partial charge is 0.259 e. The molecular formula is C18H24N2O4. The van der Waals surface area contributed by atoms with Gasteiger partial charge in [0.1, 0.15) is 17.0 Å². The summed E-state index contributed by atoms with van der Waals surface area (Å²) in [5.41, 5.74) is -0.640. The Kier molecular flexibility index (Phi) is 7.25. The van der Waals surface area contributed by atoms with Crippen LogP contribution in [0.1, 0.15) is 44.5 Å². The summed E-state index contributed by atoms with van der Waals surface area (Å²) in [6, 6.07) is 6.94. The van der Waals surface area contributed by atoms with Gasteiger partial charge in [-0.05, 0) is 31.4 Å². The zero-order valence-electron chi connectivity index (χ0n) is 14.6. The molecule has 0 aromatic heterocycles. The van der Waals surface area contributed by atoms with Gasteiger partial charge in [0, 0.05) is 6.07 Å². The molecule has 1 rings (SSSR count). The van der Waals surface area contributed by atoms with Gasteiger partial charge in [0.15, 0.2) is 12.9 Å². The molecule has 0 bridgehead atoms. The molecule has 0 aliphatic heterocycles. The molecule has 130 valence electrons. The zero-order chi connectivity index (χ0) is 18.2. The quantitative estimate of drug-likeness (QED) is 0.702. The van der Waals surface area contributed by atoms with E-state index in [1.54, 1.807) is 25.1 Å². The van der Waals surface area contributed by atoms with Gasteiger partial charge in [0.2, 0.25) is 0 Å². The molecule has 0 unspecified atom stereocenters. The summed E-state index contributed by atoms with van der Waals surface area (Å²) in [5, 5.41) is 11.9. The summed E-state index contributed by atoms with van der Waals surface area (Å²) in [4.78, 5) is 23.1. The molecule has 0 saturated carbocycles. The van der Waals surface area contributed by atoms with Crippen molar-refractivity contribution in [1.82, 2.24) is 5.32 Å². The summed E-state index contributed by atoms with van der Waals surface area (Å²) in [7, 11) is 0. The van der Waals surface area contributed by atoms with Gasteiger partial charge in [0.05, 0.1) is 18.2 Å². The number of rotatable bonds is 9. The molecule has 0 heterocycles. The van der Waals surface area contributed by atoms with Crippen LogP contribution in [0.2, 0.25) is 0 Å². The molecule has 1 aromatic rings. The third kappa shape index (κ3) is 5.27. The van der Waals surface area contributed by atoms with Crippen molar-refractivity contribution in [3.63, 3.8) is 0 Å². The average molecular weight is 332 g/mol. The van der Waals surface area contributed by atoms with Crippen LogP contribution in [-0.4, -0.2) is 30.9 Å². The first-order chi connectivity index (χ1) is 11.4. The summed E-state index contributed by atoms with van der Waals surface area (Å²) >= 11 is 0. The molecule has 24 heavy (non-hydrogen) atoms. The first kappa shape index (κ1) is 19.5. The minimum absolute atomic E-state index is 0.0530. The van der Waals surface area contributed by atoms with Crippen LogP contribution in [0.4, 0.5) is 0 Å². The summed E-state index contributed by atoms with van der Waals surface area (Å²) < 4.78 is 10.9. The summed E-state index contributed by atoms with van der Waals surface area (Å²) in [5.74, 6) is 0.367. The highest BCUT2D eigenvalue weighted by molar-refractivity contribution is 5.81. The monoisotopic (exact) mass is 332 g/mol. The molecule has 0 radical (unpaired) electrons. The van der Waals surface area contributed by atoms with Gasteiger partial charge in [-0.25, -0.2) is 0 Å². The number of ether oxygens (including phenoxy) is 2. The van der Waals surface area contributed by atoms with Crippen molar-refractivity contribution in [2.24, 2.45) is 5.92 Å². The van der Waals surface area contributed by atoms with E-state index in [9.17, 15) is 14.9 Å². The lowest BCUT2D eigenvalue weighted by Gasteiger charge is -2.27. The fourth-order valence-electron chi connectivity index (χ4n) is 1.82. The molecule has 1 atom stereocenters. The van der Waals surface area contributed by atoms with E-state index in [1.807, 2.05) is 20.8 Å². The lowest BCUT2D eigenvalue weighted by Crippen LogP contribution is -2.50. The fourth-order valence-corrected chi connectivity index (χ4v) is 1.82. The van der Waals surface area contributed by atoms with Crippen LogP contribution in [-0.2, 0) is 4.79 Å². The van der Waals surface area contributed by atoms with Gasteiger partial charge in [0.25, 0.3) is 5.91 Å². The Hall–Kier alpha value is -2.55. The normalized spacial score (nSPS) is 12.8. The number of benzene rings is 1. The SMILES string of the molecule is CCCOc1ccc(C=O)c(OCC(=O)N[C@@](C)(C#N)C(C)C)c1. The maximum absolute atomic E-state index is 12.0. The highest BCUT2D eigenvalue weighted by Crippen LogP contribution is 2.24. The number of hydrogen-bond donors (Lipinski definition) is 1. The highest BCUT2D eigenvalue weighted by Gasteiger charge is 2.30. The maximum atomic E-state index is 12.0. The Morgan fingerprint density at radius 1 is 1.42 bits per heavy atom. The fraction of sp³-hybridized carbons (Fsp3) is 0.500. The number of nitriles is 1. The van der Waals surface area contributed by atoms with Crippen LogP contribution in [0.15, 0.2) is 18.2 Å². The van der Waals surface area contributed by atoms with Crippen LogP contribution in [0.3, 0.4) is 0 Å². The van der Waals surface area contributed by atoms with Gasteiger partial charge < -0.3 is 14.8 Å². The van der Waals surface area contributed by atoms with Crippen LogP contribution >= 0.6 is 0 Å². The second-order valence-corrected chi connectivity index (χ2v) is 5.97. The van der Waals surface area contributed by atoms with Crippen molar-refractivity contribution in [2.45, 2.75) is 39.7 Å². The van der Waals surface area contributed by atoms with E-state index in [2.05, 4.69) is 11.4 Å². The zero-order valence-corrected chi connectivity index (χ0v) is 14.6. The minimum Gasteiger partial charge on any atom is -0.493 e. The van der Waals surface area contributed by atoms with Crippen molar-refractivity contribution < 1.29 is 19.1 Å². The molecular weight excluding hydrogens is 308 g/mol. The second kappa shape index (κ2) is 8.92. The maximum Gasteiger partial charge on any atom is 0.259 e. The molecule has 0 fully saturated rings. The van der Waals surface area contributed by atoms with Crippen LogP contribution in [0.25, 0.3) is 0 Å². The van der Waals surface area contributed by atoms with Gasteiger partial charge in [-0.2, -0.15) is 5.26 Å². The standard InChI is InChI=1S/C18H24N2O4/c1-5-8-23-15-7-6-14(10-21)16(9-15)24-11-17(22)20-18(4,12-19)13(2)3/h6-7,9-10,13H,5,8,11H2,1-4H3,(H,20,22)/t18-/m0/s1.